The lowest BCUT2D eigenvalue weighted by molar-refractivity contribution is 1.47. The van der Waals surface area contributed by atoms with Gasteiger partial charge in [-0.15, -0.1) is 0 Å². The van der Waals surface area contributed by atoms with Crippen LogP contribution in [-0.2, 0) is 0 Å². The second kappa shape index (κ2) is 5.46. The zero-order chi connectivity index (χ0) is 16.8. The van der Waals surface area contributed by atoms with Crippen molar-refractivity contribution in [1.29, 1.82) is 0 Å². The van der Waals surface area contributed by atoms with Crippen LogP contribution in [-0.4, -0.2) is 0 Å². The lowest BCUT2D eigenvalue weighted by Gasteiger charge is -2.11. The topological polar surface area (TPSA) is 0 Å². The van der Waals surface area contributed by atoms with Crippen molar-refractivity contribution in [3.05, 3.63) is 96.6 Å². The molecule has 0 heterocycles. The molecule has 5 rings (SSSR count). The first kappa shape index (κ1) is 14.2. The van der Waals surface area contributed by atoms with Crippen molar-refractivity contribution in [1.82, 2.24) is 0 Å². The summed E-state index contributed by atoms with van der Waals surface area (Å²) in [4.78, 5) is 0. The predicted molar refractivity (Wildman–Crippen MR) is 109 cm³/mol. The Kier molecular flexibility index (Phi) is 3.11. The van der Waals surface area contributed by atoms with Crippen molar-refractivity contribution >= 4 is 32.3 Å². The lowest BCUT2D eigenvalue weighted by Crippen LogP contribution is -1.85. The molecule has 118 valence electrons. The zero-order valence-corrected chi connectivity index (χ0v) is 14.2. The summed E-state index contributed by atoms with van der Waals surface area (Å²) in [5, 5.41) is 7.91. The third kappa shape index (κ3) is 2.22. The Balaban J connectivity index is 1.89. The van der Waals surface area contributed by atoms with Crippen LogP contribution in [0.2, 0.25) is 0 Å². The molecular formula is C25H18. The fraction of sp³-hybridized carbons (Fsp3) is 0.0400. The third-order valence-electron chi connectivity index (χ3n) is 5.11. The minimum Gasteiger partial charge on any atom is -0.0616 e. The fourth-order valence-corrected chi connectivity index (χ4v) is 3.92. The Bertz CT molecular complexity index is 1250. The van der Waals surface area contributed by atoms with Gasteiger partial charge in [0.2, 0.25) is 0 Å². The van der Waals surface area contributed by atoms with Crippen LogP contribution in [0.15, 0.2) is 91.0 Å². The lowest BCUT2D eigenvalue weighted by atomic mass is 9.92. The molecule has 0 aliphatic heterocycles. The van der Waals surface area contributed by atoms with Gasteiger partial charge >= 0.3 is 0 Å². The van der Waals surface area contributed by atoms with Crippen LogP contribution in [0, 0.1) is 6.92 Å². The second-order valence-corrected chi connectivity index (χ2v) is 6.72. The smallest absolute Gasteiger partial charge is 0.00987 e. The Hall–Kier alpha value is -3.12. The Labute approximate surface area is 147 Å². The average molecular weight is 318 g/mol. The molecule has 0 unspecified atom stereocenters. The first-order chi connectivity index (χ1) is 12.3. The molecule has 0 radical (unpaired) electrons. The van der Waals surface area contributed by atoms with Gasteiger partial charge in [-0.05, 0) is 50.4 Å². The highest BCUT2D eigenvalue weighted by molar-refractivity contribution is 6.19. The molecule has 0 N–H and O–H groups in total. The molecule has 0 nitrogen and oxygen atoms in total. The second-order valence-electron chi connectivity index (χ2n) is 6.72. The minimum absolute atomic E-state index is 1.28. The number of hydrogen-bond acceptors (Lipinski definition) is 0. The molecule has 0 spiro atoms. The monoisotopic (exact) mass is 318 g/mol. The molecule has 25 heavy (non-hydrogen) atoms. The maximum Gasteiger partial charge on any atom is -0.00987 e. The first-order valence-corrected chi connectivity index (χ1v) is 8.71. The van der Waals surface area contributed by atoms with E-state index in [9.17, 15) is 0 Å². The van der Waals surface area contributed by atoms with Crippen LogP contribution in [0.5, 0.6) is 0 Å². The van der Waals surface area contributed by atoms with E-state index in [2.05, 4.69) is 97.9 Å². The predicted octanol–water partition coefficient (Wildman–Crippen LogP) is 7.12. The average Bonchev–Trinajstić information content (AvgIpc) is 2.67. The standard InChI is InChI=1S/C25H18/c1-17-6-4-8-19(16-17)21-10-5-11-22-24(21)15-14-23-20-9-3-2-7-18(20)12-13-25(22)23/h2-16H,1H3. The SMILES string of the molecule is Cc1cccc(-c2cccc3c2ccc2c4ccccc4ccc32)c1. The van der Waals surface area contributed by atoms with Crippen molar-refractivity contribution in [3.63, 3.8) is 0 Å². The van der Waals surface area contributed by atoms with E-state index >= 15 is 0 Å². The van der Waals surface area contributed by atoms with Crippen molar-refractivity contribution in [2.75, 3.05) is 0 Å². The number of benzene rings is 5. The van der Waals surface area contributed by atoms with E-state index in [0.29, 0.717) is 0 Å². The molecule has 0 heteroatoms. The Morgan fingerprint density at radius 1 is 0.480 bits per heavy atom. The number of fused-ring (bicyclic) bond motifs is 5. The zero-order valence-electron chi connectivity index (χ0n) is 14.2. The van der Waals surface area contributed by atoms with E-state index in [-0.39, 0.29) is 0 Å². The summed E-state index contributed by atoms with van der Waals surface area (Å²) in [7, 11) is 0. The largest absolute Gasteiger partial charge is 0.0616 e. The summed E-state index contributed by atoms with van der Waals surface area (Å²) in [6.07, 6.45) is 0. The molecule has 0 bridgehead atoms. The molecule has 0 fully saturated rings. The van der Waals surface area contributed by atoms with Crippen LogP contribution in [0.3, 0.4) is 0 Å². The van der Waals surface area contributed by atoms with E-state index in [1.54, 1.807) is 0 Å². The summed E-state index contributed by atoms with van der Waals surface area (Å²) in [5.41, 5.74) is 3.88. The minimum atomic E-state index is 1.28. The van der Waals surface area contributed by atoms with E-state index < -0.39 is 0 Å². The maximum absolute atomic E-state index is 2.28. The molecular weight excluding hydrogens is 300 g/mol. The molecule has 0 atom stereocenters. The van der Waals surface area contributed by atoms with Gasteiger partial charge in [0, 0.05) is 0 Å². The van der Waals surface area contributed by atoms with E-state index in [1.807, 2.05) is 0 Å². The van der Waals surface area contributed by atoms with Crippen LogP contribution >= 0.6 is 0 Å². The van der Waals surface area contributed by atoms with Crippen LogP contribution in [0.4, 0.5) is 0 Å². The van der Waals surface area contributed by atoms with Crippen molar-refractivity contribution in [2.24, 2.45) is 0 Å². The van der Waals surface area contributed by atoms with Crippen LogP contribution in [0.1, 0.15) is 5.56 Å². The highest BCUT2D eigenvalue weighted by atomic mass is 14.1. The van der Waals surface area contributed by atoms with E-state index in [1.165, 1.54) is 49.0 Å². The van der Waals surface area contributed by atoms with Gasteiger partial charge in [0.05, 0.1) is 0 Å². The van der Waals surface area contributed by atoms with Gasteiger partial charge in [-0.3, -0.25) is 0 Å². The van der Waals surface area contributed by atoms with Crippen molar-refractivity contribution < 1.29 is 0 Å². The molecule has 0 saturated heterocycles. The molecule has 0 aromatic heterocycles. The Morgan fingerprint density at radius 2 is 1.16 bits per heavy atom. The first-order valence-electron chi connectivity index (χ1n) is 8.71. The summed E-state index contributed by atoms with van der Waals surface area (Å²) in [5.74, 6) is 0. The summed E-state index contributed by atoms with van der Waals surface area (Å²) in [6.45, 7) is 2.15. The molecule has 0 aliphatic rings. The molecule has 0 aliphatic carbocycles. The molecule has 0 amide bonds. The normalized spacial score (nSPS) is 11.4. The highest BCUT2D eigenvalue weighted by Gasteiger charge is 2.08. The van der Waals surface area contributed by atoms with Crippen molar-refractivity contribution in [3.8, 4) is 11.1 Å². The number of hydrogen-bond donors (Lipinski definition) is 0. The van der Waals surface area contributed by atoms with Crippen LogP contribution < -0.4 is 0 Å². The van der Waals surface area contributed by atoms with Crippen molar-refractivity contribution in [2.45, 2.75) is 6.92 Å². The number of rotatable bonds is 1. The van der Waals surface area contributed by atoms with E-state index in [4.69, 9.17) is 0 Å². The quantitative estimate of drug-likeness (QED) is 0.289. The van der Waals surface area contributed by atoms with Gasteiger partial charge < -0.3 is 0 Å². The Morgan fingerprint density at radius 3 is 2.08 bits per heavy atom. The van der Waals surface area contributed by atoms with Gasteiger partial charge in [-0.1, -0.05) is 96.6 Å². The molecule has 5 aromatic carbocycles. The summed E-state index contributed by atoms with van der Waals surface area (Å²) >= 11 is 0. The van der Waals surface area contributed by atoms with Gasteiger partial charge in [-0.2, -0.15) is 0 Å². The van der Waals surface area contributed by atoms with Gasteiger partial charge in [0.25, 0.3) is 0 Å². The number of aryl methyl sites for hydroxylation is 1. The third-order valence-corrected chi connectivity index (χ3v) is 5.11. The molecule has 5 aromatic rings. The van der Waals surface area contributed by atoms with Gasteiger partial charge in [-0.25, -0.2) is 0 Å². The van der Waals surface area contributed by atoms with E-state index in [0.717, 1.165) is 0 Å². The summed E-state index contributed by atoms with van der Waals surface area (Å²) in [6, 6.07) is 33.1. The van der Waals surface area contributed by atoms with Gasteiger partial charge in [0.1, 0.15) is 0 Å². The highest BCUT2D eigenvalue weighted by Crippen LogP contribution is 2.35. The van der Waals surface area contributed by atoms with Crippen LogP contribution in [0.25, 0.3) is 43.4 Å². The fourth-order valence-electron chi connectivity index (χ4n) is 3.92. The maximum atomic E-state index is 2.28. The summed E-state index contributed by atoms with van der Waals surface area (Å²) < 4.78 is 0. The van der Waals surface area contributed by atoms with Gasteiger partial charge in [0.15, 0.2) is 0 Å². The molecule has 0 saturated carbocycles.